The van der Waals surface area contributed by atoms with Gasteiger partial charge >= 0.3 is 0 Å². The molecule has 0 radical (unpaired) electrons. The molecule has 2 aromatic carbocycles. The Bertz CT molecular complexity index is 1060. The summed E-state index contributed by atoms with van der Waals surface area (Å²) in [6.45, 7) is 4.19. The van der Waals surface area contributed by atoms with Crippen LogP contribution < -0.4 is 0 Å². The maximum Gasteiger partial charge on any atom is 0.237 e. The summed E-state index contributed by atoms with van der Waals surface area (Å²) < 4.78 is 5.37. The van der Waals surface area contributed by atoms with E-state index < -0.39 is 0 Å². The van der Waals surface area contributed by atoms with Crippen molar-refractivity contribution in [2.45, 2.75) is 31.0 Å². The van der Waals surface area contributed by atoms with Gasteiger partial charge < -0.3 is 4.52 Å². The van der Waals surface area contributed by atoms with Gasteiger partial charge in [0.05, 0.1) is 11.4 Å². The first-order valence-corrected chi connectivity index (χ1v) is 10.2. The van der Waals surface area contributed by atoms with E-state index in [1.807, 2.05) is 43.3 Å². The van der Waals surface area contributed by atoms with Crippen LogP contribution in [0.2, 0.25) is 0 Å². The van der Waals surface area contributed by atoms with E-state index in [1.165, 1.54) is 17.3 Å². The van der Waals surface area contributed by atoms with E-state index in [9.17, 15) is 0 Å². The van der Waals surface area contributed by atoms with Gasteiger partial charge in [0.1, 0.15) is 5.03 Å². The van der Waals surface area contributed by atoms with Gasteiger partial charge in [0.15, 0.2) is 0 Å². The smallest absolute Gasteiger partial charge is 0.237 e. The number of thioether (sulfide) groups is 1. The van der Waals surface area contributed by atoms with Crippen molar-refractivity contribution in [3.63, 3.8) is 0 Å². The lowest BCUT2D eigenvalue weighted by molar-refractivity contribution is 0.391. The minimum Gasteiger partial charge on any atom is -0.338 e. The van der Waals surface area contributed by atoms with Gasteiger partial charge in [0.25, 0.3) is 0 Å². The van der Waals surface area contributed by atoms with E-state index in [2.05, 4.69) is 51.5 Å². The van der Waals surface area contributed by atoms with Crippen molar-refractivity contribution < 1.29 is 4.52 Å². The summed E-state index contributed by atoms with van der Waals surface area (Å²) in [7, 11) is 0. The number of rotatable bonds is 6. The van der Waals surface area contributed by atoms with Crippen LogP contribution in [0.5, 0.6) is 0 Å². The van der Waals surface area contributed by atoms with Crippen molar-refractivity contribution in [1.82, 2.24) is 20.3 Å². The minimum atomic E-state index is 0.554. The van der Waals surface area contributed by atoms with Gasteiger partial charge in [-0.25, -0.2) is 0 Å². The van der Waals surface area contributed by atoms with Crippen LogP contribution in [0.1, 0.15) is 23.9 Å². The van der Waals surface area contributed by atoms with Gasteiger partial charge in [0, 0.05) is 11.1 Å². The molecule has 28 heavy (non-hydrogen) atoms. The molecule has 0 saturated heterocycles. The third kappa shape index (κ3) is 4.28. The van der Waals surface area contributed by atoms with Crippen LogP contribution in [0, 0.1) is 6.92 Å². The fraction of sp³-hybridized carbons (Fsp3) is 0.182. The van der Waals surface area contributed by atoms with Crippen molar-refractivity contribution in [2.24, 2.45) is 0 Å². The van der Waals surface area contributed by atoms with Crippen molar-refractivity contribution in [3.05, 3.63) is 77.7 Å². The molecular formula is C22H20N4OS. The van der Waals surface area contributed by atoms with Gasteiger partial charge in [-0.1, -0.05) is 71.9 Å². The fourth-order valence-electron chi connectivity index (χ4n) is 2.81. The number of aryl methyl sites for hydroxylation is 2. The molecule has 2 aromatic heterocycles. The van der Waals surface area contributed by atoms with E-state index in [4.69, 9.17) is 4.52 Å². The third-order valence-electron chi connectivity index (χ3n) is 4.39. The second-order valence-electron chi connectivity index (χ2n) is 6.48. The van der Waals surface area contributed by atoms with Crippen LogP contribution in [0.25, 0.3) is 22.6 Å². The van der Waals surface area contributed by atoms with Gasteiger partial charge in [0.2, 0.25) is 11.7 Å². The largest absolute Gasteiger partial charge is 0.338 e. The van der Waals surface area contributed by atoms with Gasteiger partial charge in [-0.15, -0.1) is 10.2 Å². The van der Waals surface area contributed by atoms with Crippen molar-refractivity contribution in [1.29, 1.82) is 0 Å². The maximum atomic E-state index is 5.37. The molecule has 0 aliphatic heterocycles. The summed E-state index contributed by atoms with van der Waals surface area (Å²) in [4.78, 5) is 4.47. The Morgan fingerprint density at radius 3 is 2.50 bits per heavy atom. The molecule has 5 nitrogen and oxygen atoms in total. The number of hydrogen-bond acceptors (Lipinski definition) is 6. The molecule has 0 N–H and O–H groups in total. The molecule has 0 fully saturated rings. The SMILES string of the molecule is CCc1ccc(-c2ccc(SCc3nc(-c4cccc(C)c4)no3)nn2)cc1. The molecular weight excluding hydrogens is 368 g/mol. The number of hydrogen-bond donors (Lipinski definition) is 0. The number of benzene rings is 2. The van der Waals surface area contributed by atoms with E-state index in [-0.39, 0.29) is 0 Å². The highest BCUT2D eigenvalue weighted by Gasteiger charge is 2.10. The average molecular weight is 388 g/mol. The zero-order valence-electron chi connectivity index (χ0n) is 15.8. The first kappa shape index (κ1) is 18.4. The van der Waals surface area contributed by atoms with Crippen LogP contribution in [0.3, 0.4) is 0 Å². The quantitative estimate of drug-likeness (QED) is 0.415. The summed E-state index contributed by atoms with van der Waals surface area (Å²) in [5.74, 6) is 1.73. The molecule has 4 rings (SSSR count). The lowest BCUT2D eigenvalue weighted by Gasteiger charge is -2.03. The Kier molecular flexibility index (Phi) is 5.48. The Labute approximate surface area is 168 Å². The highest BCUT2D eigenvalue weighted by Crippen LogP contribution is 2.24. The topological polar surface area (TPSA) is 64.7 Å². The molecule has 0 aliphatic rings. The Balaban J connectivity index is 1.40. The summed E-state index contributed by atoms with van der Waals surface area (Å²) in [5, 5.41) is 13.5. The summed E-state index contributed by atoms with van der Waals surface area (Å²) in [5.41, 5.74) is 5.37. The normalized spacial score (nSPS) is 10.9. The molecule has 2 heterocycles. The zero-order valence-corrected chi connectivity index (χ0v) is 16.6. The Morgan fingerprint density at radius 2 is 1.79 bits per heavy atom. The van der Waals surface area contributed by atoms with Gasteiger partial charge in [-0.3, -0.25) is 0 Å². The first-order valence-electron chi connectivity index (χ1n) is 9.17. The predicted molar refractivity (Wildman–Crippen MR) is 111 cm³/mol. The van der Waals surface area contributed by atoms with Crippen LogP contribution >= 0.6 is 11.8 Å². The molecule has 0 saturated carbocycles. The molecule has 0 spiro atoms. The van der Waals surface area contributed by atoms with Crippen molar-refractivity contribution >= 4 is 11.8 Å². The minimum absolute atomic E-state index is 0.554. The van der Waals surface area contributed by atoms with Crippen LogP contribution in [-0.4, -0.2) is 20.3 Å². The standard InChI is InChI=1S/C22H20N4OS/c1-3-16-7-9-17(10-8-16)19-11-12-21(25-24-19)28-14-20-23-22(26-27-20)18-6-4-5-15(2)13-18/h4-13H,3,14H2,1-2H3. The molecule has 140 valence electrons. The Morgan fingerprint density at radius 1 is 0.929 bits per heavy atom. The van der Waals surface area contributed by atoms with Gasteiger partial charge in [-0.05, 0) is 37.1 Å². The molecule has 0 unspecified atom stereocenters. The lowest BCUT2D eigenvalue weighted by atomic mass is 10.1. The molecule has 6 heteroatoms. The fourth-order valence-corrected chi connectivity index (χ4v) is 3.46. The summed E-state index contributed by atoms with van der Waals surface area (Å²) in [6, 6.07) is 20.4. The van der Waals surface area contributed by atoms with E-state index >= 15 is 0 Å². The maximum absolute atomic E-state index is 5.37. The molecule has 0 aliphatic carbocycles. The molecule has 0 amide bonds. The average Bonchev–Trinajstić information content (AvgIpc) is 3.22. The molecule has 0 bridgehead atoms. The number of nitrogens with zero attached hydrogens (tertiary/aromatic N) is 4. The van der Waals surface area contributed by atoms with E-state index in [0.717, 1.165) is 33.8 Å². The van der Waals surface area contributed by atoms with E-state index in [1.54, 1.807) is 0 Å². The first-order chi connectivity index (χ1) is 13.7. The highest BCUT2D eigenvalue weighted by molar-refractivity contribution is 7.98. The van der Waals surface area contributed by atoms with Crippen LogP contribution in [0.15, 0.2) is 70.2 Å². The van der Waals surface area contributed by atoms with Gasteiger partial charge in [-0.2, -0.15) is 4.98 Å². The third-order valence-corrected chi connectivity index (χ3v) is 5.29. The number of aromatic nitrogens is 4. The molecule has 0 atom stereocenters. The predicted octanol–water partition coefficient (Wildman–Crippen LogP) is 5.36. The van der Waals surface area contributed by atoms with Crippen molar-refractivity contribution in [3.8, 4) is 22.6 Å². The molecule has 4 aromatic rings. The van der Waals surface area contributed by atoms with Crippen LogP contribution in [0.4, 0.5) is 0 Å². The van der Waals surface area contributed by atoms with Crippen LogP contribution in [-0.2, 0) is 12.2 Å². The second-order valence-corrected chi connectivity index (χ2v) is 7.47. The lowest BCUT2D eigenvalue weighted by Crippen LogP contribution is -1.91. The monoisotopic (exact) mass is 388 g/mol. The van der Waals surface area contributed by atoms with E-state index in [0.29, 0.717) is 17.5 Å². The second kappa shape index (κ2) is 8.35. The summed E-state index contributed by atoms with van der Waals surface area (Å²) >= 11 is 1.53. The summed E-state index contributed by atoms with van der Waals surface area (Å²) in [6.07, 6.45) is 1.03. The highest BCUT2D eigenvalue weighted by atomic mass is 32.2. The van der Waals surface area contributed by atoms with Crippen molar-refractivity contribution in [2.75, 3.05) is 0 Å². The zero-order chi connectivity index (χ0) is 19.3. The Hall–Kier alpha value is -2.99.